The van der Waals surface area contributed by atoms with Gasteiger partial charge in [0.05, 0.1) is 23.4 Å². The van der Waals surface area contributed by atoms with Crippen molar-refractivity contribution in [2.75, 3.05) is 37.5 Å². The Bertz CT molecular complexity index is 1280. The molecule has 3 atom stereocenters. The Morgan fingerprint density at radius 1 is 1.18 bits per heavy atom. The number of anilines is 1. The van der Waals surface area contributed by atoms with Crippen molar-refractivity contribution >= 4 is 54.8 Å². The van der Waals surface area contributed by atoms with E-state index in [4.69, 9.17) is 4.99 Å². The summed E-state index contributed by atoms with van der Waals surface area (Å²) in [5, 5.41) is 7.84. The number of nitrogens with one attached hydrogen (secondary N) is 2. The van der Waals surface area contributed by atoms with Crippen LogP contribution in [-0.2, 0) is 10.0 Å². The summed E-state index contributed by atoms with van der Waals surface area (Å²) in [7, 11) is -1.99. The maximum Gasteiger partial charge on any atom is 0.273 e. The van der Waals surface area contributed by atoms with E-state index in [1.54, 1.807) is 24.6 Å². The van der Waals surface area contributed by atoms with E-state index in [9.17, 15) is 8.42 Å². The highest BCUT2D eigenvalue weighted by Gasteiger charge is 2.27. The number of fused-ring (bicyclic) bond motifs is 1. The van der Waals surface area contributed by atoms with Gasteiger partial charge in [0, 0.05) is 42.9 Å². The number of para-hydroxylation sites is 1. The number of thiophene rings is 1. The van der Waals surface area contributed by atoms with Gasteiger partial charge in [0.15, 0.2) is 0 Å². The lowest BCUT2D eigenvalue weighted by atomic mass is 10.1. The molecule has 4 heterocycles. The number of piperazine rings is 1. The predicted molar refractivity (Wildman–Crippen MR) is 144 cm³/mol. The number of thioether (sulfide) groups is 1. The van der Waals surface area contributed by atoms with Gasteiger partial charge in [-0.25, -0.2) is 8.42 Å². The number of benzene rings is 1. The number of rotatable bonds is 7. The van der Waals surface area contributed by atoms with Crippen LogP contribution < -0.4 is 9.62 Å². The van der Waals surface area contributed by atoms with Crippen molar-refractivity contribution in [1.82, 2.24) is 15.2 Å². The third-order valence-corrected chi connectivity index (χ3v) is 10.9. The van der Waals surface area contributed by atoms with Gasteiger partial charge < -0.3 is 15.2 Å². The second-order valence-corrected chi connectivity index (χ2v) is 13.7. The van der Waals surface area contributed by atoms with Crippen LogP contribution in [0.4, 0.5) is 5.69 Å². The molecule has 0 amide bonds. The minimum Gasteiger partial charge on any atom is -0.351 e. The molecule has 1 aromatic carbocycles. The molecule has 182 valence electrons. The van der Waals surface area contributed by atoms with Gasteiger partial charge >= 0.3 is 0 Å². The van der Waals surface area contributed by atoms with Gasteiger partial charge in [-0.3, -0.25) is 9.30 Å². The SMILES string of the molecule is C[C@@H]1CN(CCC2CN=C(c3cc4cccc(N(C)S(=O)(=O)c5cccs5)c4[nH]3)S2)C[C@H](C)N1. The van der Waals surface area contributed by atoms with Crippen LogP contribution in [0.25, 0.3) is 10.9 Å². The summed E-state index contributed by atoms with van der Waals surface area (Å²) in [6, 6.07) is 12.3. The monoisotopic (exact) mass is 517 g/mol. The number of hydrogen-bond donors (Lipinski definition) is 2. The summed E-state index contributed by atoms with van der Waals surface area (Å²) in [4.78, 5) is 10.9. The van der Waals surface area contributed by atoms with Crippen LogP contribution in [0.1, 0.15) is 26.0 Å². The number of aromatic nitrogens is 1. The highest BCUT2D eigenvalue weighted by Crippen LogP contribution is 2.34. The van der Waals surface area contributed by atoms with Crippen molar-refractivity contribution in [3.63, 3.8) is 0 Å². The Labute approximate surface area is 209 Å². The second-order valence-electron chi connectivity index (χ2n) is 9.23. The number of sulfonamides is 1. The zero-order valence-electron chi connectivity index (χ0n) is 19.7. The number of H-pyrrole nitrogens is 1. The molecule has 34 heavy (non-hydrogen) atoms. The molecular weight excluding hydrogens is 486 g/mol. The molecule has 2 N–H and O–H groups in total. The Morgan fingerprint density at radius 3 is 2.71 bits per heavy atom. The van der Waals surface area contributed by atoms with Gasteiger partial charge in [0.25, 0.3) is 10.0 Å². The topological polar surface area (TPSA) is 80.8 Å². The normalized spacial score (nSPS) is 24.0. The molecule has 3 aromatic rings. The fraction of sp³-hybridized carbons (Fsp3) is 0.458. The van der Waals surface area contributed by atoms with E-state index in [-0.39, 0.29) is 0 Å². The van der Waals surface area contributed by atoms with E-state index in [0.29, 0.717) is 27.2 Å². The Balaban J connectivity index is 1.29. The molecule has 7 nitrogen and oxygen atoms in total. The van der Waals surface area contributed by atoms with Crippen molar-refractivity contribution in [2.45, 2.75) is 41.8 Å². The maximum atomic E-state index is 13.1. The maximum absolute atomic E-state index is 13.1. The van der Waals surface area contributed by atoms with Crippen LogP contribution in [0.5, 0.6) is 0 Å². The van der Waals surface area contributed by atoms with Crippen LogP contribution in [0, 0.1) is 0 Å². The first-order chi connectivity index (χ1) is 16.3. The average Bonchev–Trinajstić information content (AvgIpc) is 3.56. The van der Waals surface area contributed by atoms with Crippen LogP contribution in [0.3, 0.4) is 0 Å². The third kappa shape index (κ3) is 4.79. The van der Waals surface area contributed by atoms with E-state index < -0.39 is 10.0 Å². The molecular formula is C24H31N5O2S3. The number of nitrogens with zero attached hydrogens (tertiary/aromatic N) is 3. The fourth-order valence-electron chi connectivity index (χ4n) is 4.86. The van der Waals surface area contributed by atoms with Gasteiger partial charge in [0.2, 0.25) is 0 Å². The molecule has 1 unspecified atom stereocenters. The van der Waals surface area contributed by atoms with E-state index in [0.717, 1.165) is 54.2 Å². The van der Waals surface area contributed by atoms with Gasteiger partial charge in [-0.2, -0.15) is 0 Å². The van der Waals surface area contributed by atoms with Crippen molar-refractivity contribution in [3.05, 3.63) is 47.5 Å². The lowest BCUT2D eigenvalue weighted by Gasteiger charge is -2.36. The lowest BCUT2D eigenvalue weighted by molar-refractivity contribution is 0.172. The van der Waals surface area contributed by atoms with Crippen LogP contribution in [0.15, 0.2) is 51.0 Å². The molecule has 2 aliphatic heterocycles. The highest BCUT2D eigenvalue weighted by molar-refractivity contribution is 8.15. The largest absolute Gasteiger partial charge is 0.351 e. The van der Waals surface area contributed by atoms with Crippen molar-refractivity contribution in [2.24, 2.45) is 4.99 Å². The minimum atomic E-state index is -3.60. The quantitative estimate of drug-likeness (QED) is 0.495. The van der Waals surface area contributed by atoms with Crippen LogP contribution in [0.2, 0.25) is 0 Å². The summed E-state index contributed by atoms with van der Waals surface area (Å²) in [5.74, 6) is 0. The van der Waals surface area contributed by atoms with E-state index in [1.807, 2.05) is 30.0 Å². The van der Waals surface area contributed by atoms with Gasteiger partial charge in [-0.15, -0.1) is 11.3 Å². The minimum absolute atomic E-state index is 0.339. The van der Waals surface area contributed by atoms with Crippen molar-refractivity contribution in [3.8, 4) is 0 Å². The first kappa shape index (κ1) is 23.9. The first-order valence-corrected chi connectivity index (χ1v) is 14.9. The van der Waals surface area contributed by atoms with E-state index in [1.165, 1.54) is 15.6 Å². The third-order valence-electron chi connectivity index (χ3n) is 6.43. The number of hydrogen-bond acceptors (Lipinski definition) is 7. The zero-order chi connectivity index (χ0) is 23.9. The predicted octanol–water partition coefficient (Wildman–Crippen LogP) is 3.99. The fourth-order valence-corrected chi connectivity index (χ4v) is 8.30. The first-order valence-electron chi connectivity index (χ1n) is 11.7. The molecule has 2 aliphatic rings. The van der Waals surface area contributed by atoms with Crippen LogP contribution in [-0.4, -0.2) is 73.9 Å². The molecule has 1 fully saturated rings. The van der Waals surface area contributed by atoms with Crippen molar-refractivity contribution in [1.29, 1.82) is 0 Å². The molecule has 0 radical (unpaired) electrons. The second kappa shape index (κ2) is 9.66. The molecule has 10 heteroatoms. The molecule has 5 rings (SSSR count). The van der Waals surface area contributed by atoms with Gasteiger partial charge in [-0.1, -0.05) is 30.0 Å². The highest BCUT2D eigenvalue weighted by atomic mass is 32.2. The number of aromatic amines is 1. The molecule has 0 bridgehead atoms. The standard InChI is InChI=1S/C24H31N5O2S3/c1-16-14-29(15-17(2)26-16)10-9-19-13-25-24(33-19)20-12-18-6-4-7-21(23(18)27-20)28(3)34(30,31)22-8-5-11-32-22/h4-8,11-12,16-17,19,26-27H,9-10,13-15H2,1-3H3/t16-,17+,19?. The average molecular weight is 518 g/mol. The molecule has 2 aromatic heterocycles. The van der Waals surface area contributed by atoms with Gasteiger partial charge in [0.1, 0.15) is 9.25 Å². The summed E-state index contributed by atoms with van der Waals surface area (Å²) in [6.45, 7) is 8.62. The van der Waals surface area contributed by atoms with Crippen molar-refractivity contribution < 1.29 is 8.42 Å². The molecule has 1 saturated heterocycles. The lowest BCUT2D eigenvalue weighted by Crippen LogP contribution is -2.54. The Kier molecular flexibility index (Phi) is 6.78. The number of aliphatic imine (C=N–C) groups is 1. The van der Waals surface area contributed by atoms with Crippen LogP contribution >= 0.6 is 23.1 Å². The van der Waals surface area contributed by atoms with E-state index >= 15 is 0 Å². The van der Waals surface area contributed by atoms with E-state index in [2.05, 4.69) is 35.1 Å². The molecule has 0 aliphatic carbocycles. The summed E-state index contributed by atoms with van der Waals surface area (Å²) in [6.07, 6.45) is 1.12. The van der Waals surface area contributed by atoms with Gasteiger partial charge in [-0.05, 0) is 50.4 Å². The summed E-state index contributed by atoms with van der Waals surface area (Å²) in [5.41, 5.74) is 2.41. The zero-order valence-corrected chi connectivity index (χ0v) is 22.1. The summed E-state index contributed by atoms with van der Waals surface area (Å²) < 4.78 is 27.8. The summed E-state index contributed by atoms with van der Waals surface area (Å²) >= 11 is 3.06. The molecule has 0 spiro atoms. The Morgan fingerprint density at radius 2 is 1.97 bits per heavy atom. The molecule has 0 saturated carbocycles. The smallest absolute Gasteiger partial charge is 0.273 e. The Hall–Kier alpha value is -1.85.